The summed E-state index contributed by atoms with van der Waals surface area (Å²) >= 11 is 7.51. The zero-order chi connectivity index (χ0) is 20.2. The third-order valence-electron chi connectivity index (χ3n) is 4.01. The van der Waals surface area contributed by atoms with Gasteiger partial charge in [-0.2, -0.15) is 5.10 Å². The van der Waals surface area contributed by atoms with Gasteiger partial charge in [-0.15, -0.1) is 0 Å². The van der Waals surface area contributed by atoms with Gasteiger partial charge in [0.1, 0.15) is 5.69 Å². The van der Waals surface area contributed by atoms with Gasteiger partial charge in [-0.3, -0.25) is 0 Å². The lowest BCUT2D eigenvalue weighted by atomic mass is 10.2. The lowest BCUT2D eigenvalue weighted by Crippen LogP contribution is -2.04. The molecule has 29 heavy (non-hydrogen) atoms. The predicted octanol–water partition coefficient (Wildman–Crippen LogP) is 5.51. The van der Waals surface area contributed by atoms with Crippen LogP contribution in [0.25, 0.3) is 17.1 Å². The van der Waals surface area contributed by atoms with Crippen molar-refractivity contribution in [3.8, 4) is 17.1 Å². The highest BCUT2D eigenvalue weighted by Gasteiger charge is 2.22. The minimum Gasteiger partial charge on any atom is -0.461 e. The zero-order valence-corrected chi connectivity index (χ0v) is 17.0. The van der Waals surface area contributed by atoms with Crippen LogP contribution in [0.3, 0.4) is 0 Å². The molecule has 0 saturated carbocycles. The van der Waals surface area contributed by atoms with E-state index in [1.54, 1.807) is 23.9 Å². The van der Waals surface area contributed by atoms with E-state index in [1.807, 2.05) is 54.6 Å². The number of carbonyl (C=O) groups excluding carboxylic acids is 1. The van der Waals surface area contributed by atoms with Crippen LogP contribution in [0.1, 0.15) is 17.4 Å². The fourth-order valence-electron chi connectivity index (χ4n) is 2.72. The average molecular weight is 426 g/mol. The third-order valence-corrected chi connectivity index (χ3v) is 5.28. The van der Waals surface area contributed by atoms with E-state index in [1.165, 1.54) is 11.8 Å². The fraction of sp³-hybridized carbons (Fsp3) is 0.0952. The number of nitrogens with zero attached hydrogens (tertiary/aromatic N) is 3. The molecule has 4 aromatic rings. The van der Waals surface area contributed by atoms with E-state index in [0.717, 1.165) is 15.5 Å². The van der Waals surface area contributed by atoms with Gasteiger partial charge in [-0.05, 0) is 43.3 Å². The summed E-state index contributed by atoms with van der Waals surface area (Å²) in [6, 6.07) is 18.8. The van der Waals surface area contributed by atoms with Gasteiger partial charge in [0, 0.05) is 16.0 Å². The van der Waals surface area contributed by atoms with Gasteiger partial charge in [0.15, 0.2) is 11.5 Å². The third kappa shape index (κ3) is 4.21. The molecule has 4 rings (SSSR count). The largest absolute Gasteiger partial charge is 0.461 e. The van der Waals surface area contributed by atoms with Crippen molar-refractivity contribution in [3.05, 3.63) is 77.6 Å². The van der Waals surface area contributed by atoms with Crippen LogP contribution in [0.15, 0.2) is 81.2 Å². The topological polar surface area (TPSA) is 70.2 Å². The molecule has 2 heterocycles. The van der Waals surface area contributed by atoms with E-state index in [2.05, 4.69) is 10.3 Å². The molecule has 0 bridgehead atoms. The van der Waals surface area contributed by atoms with E-state index in [0.29, 0.717) is 16.5 Å². The van der Waals surface area contributed by atoms with Crippen LogP contribution in [0, 0.1) is 0 Å². The molecule has 0 radical (unpaired) electrons. The molecular weight excluding hydrogens is 410 g/mol. The van der Waals surface area contributed by atoms with Gasteiger partial charge in [0.05, 0.1) is 23.4 Å². The van der Waals surface area contributed by atoms with Crippen LogP contribution < -0.4 is 0 Å². The second kappa shape index (κ2) is 8.55. The van der Waals surface area contributed by atoms with Gasteiger partial charge >= 0.3 is 5.97 Å². The maximum absolute atomic E-state index is 12.0. The molecule has 6 nitrogen and oxygen atoms in total. The second-order valence-corrected chi connectivity index (χ2v) is 7.51. The first-order chi connectivity index (χ1) is 14.2. The minimum absolute atomic E-state index is 0.116. The number of para-hydroxylation sites is 1. The van der Waals surface area contributed by atoms with Crippen LogP contribution in [-0.2, 0) is 4.74 Å². The zero-order valence-electron chi connectivity index (χ0n) is 15.4. The van der Waals surface area contributed by atoms with Crippen molar-refractivity contribution in [3.63, 3.8) is 0 Å². The van der Waals surface area contributed by atoms with Crippen molar-refractivity contribution in [2.75, 3.05) is 6.61 Å². The normalized spacial score (nSPS) is 10.8. The molecule has 0 amide bonds. The van der Waals surface area contributed by atoms with Gasteiger partial charge in [0.25, 0.3) is 0 Å². The number of esters is 1. The molecule has 0 aliphatic heterocycles. The molecule has 0 unspecified atom stereocenters. The van der Waals surface area contributed by atoms with Crippen LogP contribution in [0.5, 0.6) is 0 Å². The Bertz CT molecular complexity index is 1120. The number of carbonyl (C=O) groups is 1. The molecule has 0 fully saturated rings. The Hall–Kier alpha value is -3.03. The Labute approximate surface area is 176 Å². The SMILES string of the molecule is CCOC(=O)c1cc(-c2c(Sc3ccc(Cl)cc3)cnn2-c2ccccc2)on1. The van der Waals surface area contributed by atoms with Gasteiger partial charge in [-0.25, -0.2) is 9.48 Å². The highest BCUT2D eigenvalue weighted by molar-refractivity contribution is 7.99. The van der Waals surface area contributed by atoms with E-state index in [4.69, 9.17) is 20.9 Å². The molecule has 0 atom stereocenters. The highest BCUT2D eigenvalue weighted by Crippen LogP contribution is 2.38. The van der Waals surface area contributed by atoms with E-state index in [9.17, 15) is 4.79 Å². The molecule has 8 heteroatoms. The van der Waals surface area contributed by atoms with Crippen molar-refractivity contribution >= 4 is 29.3 Å². The fourth-order valence-corrected chi connectivity index (χ4v) is 3.75. The molecule has 0 N–H and O–H groups in total. The first-order valence-electron chi connectivity index (χ1n) is 8.87. The van der Waals surface area contributed by atoms with Crippen molar-refractivity contribution < 1.29 is 14.1 Å². The predicted molar refractivity (Wildman–Crippen MR) is 111 cm³/mol. The number of halogens is 1. The summed E-state index contributed by atoms with van der Waals surface area (Å²) in [5.41, 5.74) is 1.67. The summed E-state index contributed by atoms with van der Waals surface area (Å²) < 4.78 is 12.3. The number of hydrogen-bond donors (Lipinski definition) is 0. The molecule has 2 aromatic carbocycles. The molecule has 2 aromatic heterocycles. The van der Waals surface area contributed by atoms with E-state index in [-0.39, 0.29) is 12.3 Å². The van der Waals surface area contributed by atoms with Crippen LogP contribution >= 0.6 is 23.4 Å². The number of ether oxygens (including phenoxy) is 1. The maximum Gasteiger partial charge on any atom is 0.360 e. The first-order valence-corrected chi connectivity index (χ1v) is 10.1. The Balaban J connectivity index is 1.78. The summed E-state index contributed by atoms with van der Waals surface area (Å²) in [7, 11) is 0. The highest BCUT2D eigenvalue weighted by atomic mass is 35.5. The Morgan fingerprint density at radius 1 is 1.17 bits per heavy atom. The van der Waals surface area contributed by atoms with Crippen LogP contribution in [0.2, 0.25) is 5.02 Å². The smallest absolute Gasteiger partial charge is 0.360 e. The number of rotatable bonds is 6. The summed E-state index contributed by atoms with van der Waals surface area (Å²) in [5, 5.41) is 9.07. The minimum atomic E-state index is -0.528. The first kappa shape index (κ1) is 19.3. The van der Waals surface area contributed by atoms with Crippen LogP contribution in [0.4, 0.5) is 0 Å². The molecule has 0 aliphatic carbocycles. The van der Waals surface area contributed by atoms with Crippen molar-refractivity contribution in [2.45, 2.75) is 16.7 Å². The number of hydrogen-bond acceptors (Lipinski definition) is 6. The summed E-state index contributed by atoms with van der Waals surface area (Å²) in [6.45, 7) is 2.00. The Morgan fingerprint density at radius 2 is 1.93 bits per heavy atom. The molecule has 0 spiro atoms. The lowest BCUT2D eigenvalue weighted by Gasteiger charge is -2.07. The van der Waals surface area contributed by atoms with Crippen molar-refractivity contribution in [2.24, 2.45) is 0 Å². The number of aromatic nitrogens is 3. The summed E-state index contributed by atoms with van der Waals surface area (Å²) in [4.78, 5) is 13.8. The summed E-state index contributed by atoms with van der Waals surface area (Å²) in [6.07, 6.45) is 1.76. The van der Waals surface area contributed by atoms with E-state index >= 15 is 0 Å². The maximum atomic E-state index is 12.0. The van der Waals surface area contributed by atoms with Crippen LogP contribution in [-0.4, -0.2) is 27.5 Å². The van der Waals surface area contributed by atoms with Gasteiger partial charge < -0.3 is 9.26 Å². The molecular formula is C21H16ClN3O3S. The van der Waals surface area contributed by atoms with Crippen molar-refractivity contribution in [1.29, 1.82) is 0 Å². The number of benzene rings is 2. The van der Waals surface area contributed by atoms with Gasteiger partial charge in [-0.1, -0.05) is 46.7 Å². The Kier molecular flexibility index (Phi) is 5.69. The standard InChI is InChI=1S/C21H16ClN3O3S/c1-2-27-21(26)17-12-18(28-24-17)20-19(29-16-10-8-14(22)9-11-16)13-23-25(20)15-6-4-3-5-7-15/h3-13H,2H2,1H3. The van der Waals surface area contributed by atoms with Gasteiger partial charge in [0.2, 0.25) is 0 Å². The molecule has 146 valence electrons. The second-order valence-electron chi connectivity index (χ2n) is 5.96. The monoisotopic (exact) mass is 425 g/mol. The summed E-state index contributed by atoms with van der Waals surface area (Å²) in [5.74, 6) is -0.106. The molecule has 0 aliphatic rings. The van der Waals surface area contributed by atoms with E-state index < -0.39 is 5.97 Å². The Morgan fingerprint density at radius 3 is 2.66 bits per heavy atom. The average Bonchev–Trinajstić information content (AvgIpc) is 3.38. The quantitative estimate of drug-likeness (QED) is 0.379. The lowest BCUT2D eigenvalue weighted by molar-refractivity contribution is 0.0514. The van der Waals surface area contributed by atoms with Crippen molar-refractivity contribution in [1.82, 2.24) is 14.9 Å². The molecule has 0 saturated heterocycles.